The Morgan fingerprint density at radius 2 is 1.71 bits per heavy atom. The first-order chi connectivity index (χ1) is 17.0. The van der Waals surface area contributed by atoms with Crippen molar-refractivity contribution in [1.82, 2.24) is 9.47 Å². The number of urea groups is 1. The van der Waals surface area contributed by atoms with Crippen molar-refractivity contribution < 1.29 is 14.3 Å². The lowest BCUT2D eigenvalue weighted by Crippen LogP contribution is -2.38. The van der Waals surface area contributed by atoms with Gasteiger partial charge in [0.05, 0.1) is 32.5 Å². The standard InChI is InChI=1S/C29H29N3O3/c1-19-11-12-20(2)23(16-19)30-29(33)32-18-22-8-5-6-9-24(22)31-15-7-10-25(31)28(32)21-13-14-26(34-3)27(17-21)35-4/h5-17,28H,18H2,1-4H3,(H,30,33)/t28-/m0/s1. The van der Waals surface area contributed by atoms with E-state index >= 15 is 0 Å². The summed E-state index contributed by atoms with van der Waals surface area (Å²) in [5.74, 6) is 1.27. The van der Waals surface area contributed by atoms with E-state index < -0.39 is 0 Å². The first kappa shape index (κ1) is 22.6. The van der Waals surface area contributed by atoms with Crippen molar-refractivity contribution in [2.75, 3.05) is 19.5 Å². The molecule has 4 aromatic rings. The zero-order valence-electron chi connectivity index (χ0n) is 20.4. The summed E-state index contributed by atoms with van der Waals surface area (Å²) in [6.07, 6.45) is 2.05. The van der Waals surface area contributed by atoms with Crippen LogP contribution in [0.15, 0.2) is 79.0 Å². The van der Waals surface area contributed by atoms with E-state index in [9.17, 15) is 4.79 Å². The third-order valence-electron chi connectivity index (χ3n) is 6.58. The van der Waals surface area contributed by atoms with Crippen LogP contribution in [0, 0.1) is 13.8 Å². The molecule has 1 atom stereocenters. The van der Waals surface area contributed by atoms with Gasteiger partial charge in [-0.3, -0.25) is 0 Å². The van der Waals surface area contributed by atoms with Gasteiger partial charge in [0.15, 0.2) is 11.5 Å². The molecule has 0 radical (unpaired) electrons. The van der Waals surface area contributed by atoms with E-state index in [1.165, 1.54) is 0 Å². The maximum absolute atomic E-state index is 13.9. The number of carbonyl (C=O) groups is 1. The van der Waals surface area contributed by atoms with E-state index in [-0.39, 0.29) is 12.1 Å². The fourth-order valence-corrected chi connectivity index (χ4v) is 4.77. The molecule has 2 amide bonds. The number of nitrogens with zero attached hydrogens (tertiary/aromatic N) is 2. The number of carbonyl (C=O) groups excluding carboxylic acids is 1. The molecule has 0 aliphatic carbocycles. The van der Waals surface area contributed by atoms with Crippen LogP contribution < -0.4 is 14.8 Å². The second-order valence-corrected chi connectivity index (χ2v) is 8.83. The Kier molecular flexibility index (Phi) is 5.95. The van der Waals surface area contributed by atoms with Crippen molar-refractivity contribution in [3.8, 4) is 17.2 Å². The topological polar surface area (TPSA) is 55.7 Å². The van der Waals surface area contributed by atoms with Gasteiger partial charge in [-0.25, -0.2) is 4.79 Å². The lowest BCUT2D eigenvalue weighted by Gasteiger charge is -2.31. The van der Waals surface area contributed by atoms with Crippen molar-refractivity contribution in [1.29, 1.82) is 0 Å². The minimum absolute atomic E-state index is 0.164. The molecule has 178 valence electrons. The molecule has 0 fully saturated rings. The van der Waals surface area contributed by atoms with Gasteiger partial charge >= 0.3 is 6.03 Å². The SMILES string of the molecule is COc1ccc([C@H]2c3cccn3-c3ccccc3CN2C(=O)Nc2cc(C)ccc2C)cc1OC. The van der Waals surface area contributed by atoms with Gasteiger partial charge in [-0.1, -0.05) is 36.4 Å². The van der Waals surface area contributed by atoms with Gasteiger partial charge < -0.3 is 24.3 Å². The predicted octanol–water partition coefficient (Wildman–Crippen LogP) is 6.25. The summed E-state index contributed by atoms with van der Waals surface area (Å²) in [5, 5.41) is 3.18. The highest BCUT2D eigenvalue weighted by atomic mass is 16.5. The van der Waals surface area contributed by atoms with Crippen molar-refractivity contribution in [2.24, 2.45) is 0 Å². The number of hydrogen-bond donors (Lipinski definition) is 1. The van der Waals surface area contributed by atoms with Gasteiger partial charge in [-0.05, 0) is 72.5 Å². The fourth-order valence-electron chi connectivity index (χ4n) is 4.77. The summed E-state index contributed by atoms with van der Waals surface area (Å²) in [6.45, 7) is 4.48. The van der Waals surface area contributed by atoms with Crippen molar-refractivity contribution >= 4 is 11.7 Å². The number of aryl methyl sites for hydroxylation is 2. The first-order valence-corrected chi connectivity index (χ1v) is 11.6. The summed E-state index contributed by atoms with van der Waals surface area (Å²) in [5.41, 5.74) is 7.01. The molecule has 0 saturated heterocycles. The molecular weight excluding hydrogens is 438 g/mol. The van der Waals surface area contributed by atoms with Gasteiger partial charge in [0.1, 0.15) is 0 Å². The minimum Gasteiger partial charge on any atom is -0.493 e. The number of aromatic nitrogens is 1. The number of methoxy groups -OCH3 is 2. The number of para-hydroxylation sites is 1. The Morgan fingerprint density at radius 3 is 2.51 bits per heavy atom. The van der Waals surface area contributed by atoms with Gasteiger partial charge in [-0.15, -0.1) is 0 Å². The molecule has 1 aliphatic heterocycles. The molecule has 5 rings (SSSR count). The number of benzene rings is 3. The minimum atomic E-state index is -0.345. The van der Waals surface area contributed by atoms with Crippen LogP contribution in [-0.4, -0.2) is 29.7 Å². The molecule has 3 aromatic carbocycles. The van der Waals surface area contributed by atoms with Crippen molar-refractivity contribution in [3.63, 3.8) is 0 Å². The highest BCUT2D eigenvalue weighted by molar-refractivity contribution is 5.91. The van der Waals surface area contributed by atoms with E-state index in [1.807, 2.05) is 79.5 Å². The normalized spacial score (nSPS) is 14.5. The Balaban J connectivity index is 1.65. The molecule has 1 N–H and O–H groups in total. The van der Waals surface area contributed by atoms with Crippen LogP contribution in [0.3, 0.4) is 0 Å². The zero-order valence-corrected chi connectivity index (χ0v) is 20.4. The quantitative estimate of drug-likeness (QED) is 0.386. The number of hydrogen-bond acceptors (Lipinski definition) is 3. The first-order valence-electron chi connectivity index (χ1n) is 11.6. The average Bonchev–Trinajstić information content (AvgIpc) is 3.30. The third-order valence-corrected chi connectivity index (χ3v) is 6.58. The van der Waals surface area contributed by atoms with Crippen molar-refractivity contribution in [2.45, 2.75) is 26.4 Å². The zero-order chi connectivity index (χ0) is 24.5. The van der Waals surface area contributed by atoms with E-state index in [4.69, 9.17) is 9.47 Å². The molecule has 0 unspecified atom stereocenters. The number of ether oxygens (including phenoxy) is 2. The summed E-state index contributed by atoms with van der Waals surface area (Å²) in [7, 11) is 3.24. The monoisotopic (exact) mass is 467 g/mol. The van der Waals surface area contributed by atoms with Gasteiger partial charge in [0.2, 0.25) is 0 Å². The fraction of sp³-hybridized carbons (Fsp3) is 0.207. The van der Waals surface area contributed by atoms with Crippen LogP contribution >= 0.6 is 0 Å². The molecule has 1 aliphatic rings. The maximum Gasteiger partial charge on any atom is 0.322 e. The van der Waals surface area contributed by atoms with E-state index in [2.05, 4.69) is 28.1 Å². The van der Waals surface area contributed by atoms with Gasteiger partial charge in [0, 0.05) is 17.6 Å². The highest BCUT2D eigenvalue weighted by Crippen LogP contribution is 2.40. The molecule has 6 nitrogen and oxygen atoms in total. The lowest BCUT2D eigenvalue weighted by molar-refractivity contribution is 0.194. The Labute approximate surface area is 205 Å². The molecule has 2 heterocycles. The summed E-state index contributed by atoms with van der Waals surface area (Å²) in [6, 6.07) is 23.7. The molecule has 0 spiro atoms. The summed E-state index contributed by atoms with van der Waals surface area (Å²) >= 11 is 0. The van der Waals surface area contributed by atoms with Crippen LogP contribution in [-0.2, 0) is 6.54 Å². The highest BCUT2D eigenvalue weighted by Gasteiger charge is 2.33. The van der Waals surface area contributed by atoms with Crippen LogP contribution in [0.1, 0.15) is 34.0 Å². The number of rotatable bonds is 4. The second kappa shape index (κ2) is 9.22. The van der Waals surface area contributed by atoms with E-state index in [0.29, 0.717) is 18.0 Å². The molecule has 35 heavy (non-hydrogen) atoms. The molecular formula is C29H29N3O3. The van der Waals surface area contributed by atoms with Gasteiger partial charge in [0.25, 0.3) is 0 Å². The van der Waals surface area contributed by atoms with Crippen molar-refractivity contribution in [3.05, 3.63) is 107 Å². The van der Waals surface area contributed by atoms with E-state index in [0.717, 1.165) is 39.3 Å². The number of fused-ring (bicyclic) bond motifs is 3. The summed E-state index contributed by atoms with van der Waals surface area (Å²) < 4.78 is 13.2. The third kappa shape index (κ3) is 4.12. The Bertz CT molecular complexity index is 1390. The predicted molar refractivity (Wildman–Crippen MR) is 138 cm³/mol. The van der Waals surface area contributed by atoms with Crippen LogP contribution in [0.5, 0.6) is 11.5 Å². The molecule has 0 saturated carbocycles. The van der Waals surface area contributed by atoms with Crippen LogP contribution in [0.25, 0.3) is 5.69 Å². The smallest absolute Gasteiger partial charge is 0.322 e. The molecule has 1 aromatic heterocycles. The lowest BCUT2D eigenvalue weighted by atomic mass is 10.0. The van der Waals surface area contributed by atoms with Crippen LogP contribution in [0.4, 0.5) is 10.5 Å². The maximum atomic E-state index is 13.9. The average molecular weight is 468 g/mol. The summed E-state index contributed by atoms with van der Waals surface area (Å²) in [4.78, 5) is 15.8. The van der Waals surface area contributed by atoms with Gasteiger partial charge in [-0.2, -0.15) is 0 Å². The molecule has 0 bridgehead atoms. The Hall–Kier alpha value is -4.19. The van der Waals surface area contributed by atoms with E-state index in [1.54, 1.807) is 14.2 Å². The number of nitrogens with one attached hydrogen (secondary N) is 1. The largest absolute Gasteiger partial charge is 0.493 e. The number of anilines is 1. The second-order valence-electron chi connectivity index (χ2n) is 8.83. The van der Waals surface area contributed by atoms with Crippen LogP contribution in [0.2, 0.25) is 0 Å². The molecule has 6 heteroatoms. The number of amides is 2. The Morgan fingerprint density at radius 1 is 0.914 bits per heavy atom.